The molecule has 0 fully saturated rings. The number of nitrogens with zero attached hydrogens (tertiary/aromatic N) is 5. The minimum atomic E-state index is -0.572. The lowest BCUT2D eigenvalue weighted by Gasteiger charge is -2.16. The van der Waals surface area contributed by atoms with Crippen molar-refractivity contribution in [1.29, 1.82) is 0 Å². The maximum absolute atomic E-state index is 13.3. The van der Waals surface area contributed by atoms with E-state index in [4.69, 9.17) is 0 Å². The molecule has 0 unspecified atom stereocenters. The Balaban J connectivity index is 1.73. The third-order valence-electron chi connectivity index (χ3n) is 5.37. The van der Waals surface area contributed by atoms with E-state index in [1.54, 1.807) is 29.4 Å². The fourth-order valence-electron chi connectivity index (χ4n) is 3.67. The van der Waals surface area contributed by atoms with Crippen molar-refractivity contribution in [2.45, 2.75) is 39.5 Å². The highest BCUT2D eigenvalue weighted by atomic mass is 16.2. The van der Waals surface area contributed by atoms with Gasteiger partial charge in [-0.3, -0.25) is 19.1 Å². The topological polar surface area (TPSA) is 104 Å². The number of pyridine rings is 1. The minimum Gasteiger partial charge on any atom is -0.348 e. The molecular formula is C23H24N6O3. The summed E-state index contributed by atoms with van der Waals surface area (Å²) in [5, 5.41) is 2.83. The smallest absolute Gasteiger partial charge is 0.333 e. The molecule has 9 nitrogen and oxygen atoms in total. The van der Waals surface area contributed by atoms with Crippen LogP contribution in [0.1, 0.15) is 31.0 Å². The normalized spacial score (nSPS) is 12.1. The number of amides is 1. The quantitative estimate of drug-likeness (QED) is 0.479. The van der Waals surface area contributed by atoms with Gasteiger partial charge in [-0.25, -0.2) is 14.3 Å². The summed E-state index contributed by atoms with van der Waals surface area (Å²) in [7, 11) is 0. The van der Waals surface area contributed by atoms with E-state index >= 15 is 0 Å². The Labute approximate surface area is 184 Å². The predicted octanol–water partition coefficient (Wildman–Crippen LogP) is 1.70. The standard InChI is InChI=1S/C23H24N6O3/c1-3-27-15-25-21-20(27)22(31)29(23(32)28(21)13-17-8-5-4-6-9-17)14-19(30)26-16(2)18-10-7-11-24-12-18/h4-12,15-16H,3,13-14H2,1-2H3,(H,26,30)/t16-/m0/s1. The van der Waals surface area contributed by atoms with Crippen LogP contribution in [0.5, 0.6) is 0 Å². The van der Waals surface area contributed by atoms with Crippen molar-refractivity contribution in [3.8, 4) is 0 Å². The Morgan fingerprint density at radius 1 is 1.09 bits per heavy atom. The van der Waals surface area contributed by atoms with Crippen LogP contribution < -0.4 is 16.6 Å². The first-order chi connectivity index (χ1) is 15.5. The number of rotatable bonds is 7. The molecule has 0 aliphatic carbocycles. The van der Waals surface area contributed by atoms with Crippen molar-refractivity contribution in [2.24, 2.45) is 0 Å². The van der Waals surface area contributed by atoms with Crippen molar-refractivity contribution in [2.75, 3.05) is 0 Å². The maximum Gasteiger partial charge on any atom is 0.333 e. The molecule has 4 rings (SSSR count). The molecule has 0 saturated heterocycles. The van der Waals surface area contributed by atoms with Crippen LogP contribution in [-0.4, -0.2) is 29.6 Å². The molecule has 4 aromatic rings. The summed E-state index contributed by atoms with van der Waals surface area (Å²) in [5.74, 6) is -0.436. The largest absolute Gasteiger partial charge is 0.348 e. The summed E-state index contributed by atoms with van der Waals surface area (Å²) >= 11 is 0. The van der Waals surface area contributed by atoms with Crippen LogP contribution in [-0.2, 0) is 24.4 Å². The molecule has 0 aliphatic rings. The molecule has 0 radical (unpaired) electrons. The number of fused-ring (bicyclic) bond motifs is 1. The zero-order valence-electron chi connectivity index (χ0n) is 17.9. The van der Waals surface area contributed by atoms with E-state index in [-0.39, 0.29) is 19.1 Å². The van der Waals surface area contributed by atoms with Gasteiger partial charge in [-0.2, -0.15) is 0 Å². The number of aryl methyl sites for hydroxylation is 1. The SMILES string of the molecule is CCn1cnc2c1c(=O)n(CC(=O)N[C@@H](C)c1cccnc1)c(=O)n2Cc1ccccc1. The molecule has 3 heterocycles. The van der Waals surface area contributed by atoms with Gasteiger partial charge < -0.3 is 9.88 Å². The van der Waals surface area contributed by atoms with Gasteiger partial charge in [0.2, 0.25) is 5.91 Å². The minimum absolute atomic E-state index is 0.241. The zero-order valence-corrected chi connectivity index (χ0v) is 17.9. The van der Waals surface area contributed by atoms with Crippen LogP contribution in [0.25, 0.3) is 11.2 Å². The second-order valence-electron chi connectivity index (χ2n) is 7.52. The van der Waals surface area contributed by atoms with E-state index < -0.39 is 17.2 Å². The van der Waals surface area contributed by atoms with Crippen LogP contribution in [0.15, 0.2) is 70.8 Å². The van der Waals surface area contributed by atoms with Gasteiger partial charge in [0, 0.05) is 18.9 Å². The molecule has 1 atom stereocenters. The van der Waals surface area contributed by atoms with Crippen molar-refractivity contribution in [1.82, 2.24) is 29.0 Å². The lowest BCUT2D eigenvalue weighted by Crippen LogP contribution is -2.44. The van der Waals surface area contributed by atoms with Crippen LogP contribution in [0.4, 0.5) is 0 Å². The first-order valence-electron chi connectivity index (χ1n) is 10.4. The first-order valence-corrected chi connectivity index (χ1v) is 10.4. The van der Waals surface area contributed by atoms with E-state index in [0.29, 0.717) is 17.7 Å². The van der Waals surface area contributed by atoms with Gasteiger partial charge in [-0.15, -0.1) is 0 Å². The van der Waals surface area contributed by atoms with Crippen molar-refractivity contribution in [3.05, 3.63) is 93.2 Å². The van der Waals surface area contributed by atoms with E-state index in [1.807, 2.05) is 50.2 Å². The number of hydrogen-bond acceptors (Lipinski definition) is 5. The molecule has 1 aromatic carbocycles. The lowest BCUT2D eigenvalue weighted by atomic mass is 10.1. The Hall–Kier alpha value is -4.01. The second-order valence-corrected chi connectivity index (χ2v) is 7.52. The first kappa shape index (κ1) is 21.2. The molecule has 164 valence electrons. The number of imidazole rings is 1. The Morgan fingerprint density at radius 2 is 1.88 bits per heavy atom. The van der Waals surface area contributed by atoms with Gasteiger partial charge >= 0.3 is 5.69 Å². The second kappa shape index (κ2) is 9.01. The van der Waals surface area contributed by atoms with Crippen LogP contribution in [0.3, 0.4) is 0 Å². The summed E-state index contributed by atoms with van der Waals surface area (Å²) in [6.07, 6.45) is 4.86. The third-order valence-corrected chi connectivity index (χ3v) is 5.37. The number of benzene rings is 1. The van der Waals surface area contributed by atoms with E-state index in [2.05, 4.69) is 15.3 Å². The molecule has 3 aromatic heterocycles. The fourth-order valence-corrected chi connectivity index (χ4v) is 3.67. The highest BCUT2D eigenvalue weighted by molar-refractivity contribution is 5.77. The van der Waals surface area contributed by atoms with E-state index in [9.17, 15) is 14.4 Å². The summed E-state index contributed by atoms with van der Waals surface area (Å²) in [4.78, 5) is 47.6. The molecule has 1 N–H and O–H groups in total. The Morgan fingerprint density at radius 3 is 2.56 bits per heavy atom. The van der Waals surface area contributed by atoms with Crippen LogP contribution in [0.2, 0.25) is 0 Å². The van der Waals surface area contributed by atoms with Gasteiger partial charge in [-0.05, 0) is 31.0 Å². The number of carbonyl (C=O) groups excluding carboxylic acids is 1. The highest BCUT2D eigenvalue weighted by Gasteiger charge is 2.20. The molecule has 0 aliphatic heterocycles. The molecule has 9 heteroatoms. The third kappa shape index (κ3) is 4.09. The molecule has 0 saturated carbocycles. The van der Waals surface area contributed by atoms with Gasteiger partial charge in [0.25, 0.3) is 5.56 Å². The lowest BCUT2D eigenvalue weighted by molar-refractivity contribution is -0.122. The summed E-state index contributed by atoms with van der Waals surface area (Å²) in [6.45, 7) is 4.08. The highest BCUT2D eigenvalue weighted by Crippen LogP contribution is 2.11. The zero-order chi connectivity index (χ0) is 22.7. The monoisotopic (exact) mass is 432 g/mol. The van der Waals surface area contributed by atoms with Crippen LogP contribution in [0, 0.1) is 0 Å². The Bertz CT molecular complexity index is 1360. The number of hydrogen-bond donors (Lipinski definition) is 1. The molecule has 32 heavy (non-hydrogen) atoms. The summed E-state index contributed by atoms with van der Waals surface area (Å²) < 4.78 is 4.10. The van der Waals surface area contributed by atoms with Crippen molar-refractivity contribution in [3.63, 3.8) is 0 Å². The van der Waals surface area contributed by atoms with Gasteiger partial charge in [0.1, 0.15) is 6.54 Å². The number of carbonyl (C=O) groups is 1. The molecule has 0 bridgehead atoms. The number of nitrogens with one attached hydrogen (secondary N) is 1. The average molecular weight is 432 g/mol. The predicted molar refractivity (Wildman–Crippen MR) is 120 cm³/mol. The summed E-state index contributed by atoms with van der Waals surface area (Å²) in [5.41, 5.74) is 1.23. The van der Waals surface area contributed by atoms with Gasteiger partial charge in [-0.1, -0.05) is 36.4 Å². The average Bonchev–Trinajstić information content (AvgIpc) is 3.25. The van der Waals surface area contributed by atoms with E-state index in [1.165, 1.54) is 4.57 Å². The maximum atomic E-state index is 13.3. The number of aromatic nitrogens is 5. The van der Waals surface area contributed by atoms with Crippen molar-refractivity contribution < 1.29 is 4.79 Å². The van der Waals surface area contributed by atoms with E-state index in [0.717, 1.165) is 15.7 Å². The molecule has 0 spiro atoms. The molecular weight excluding hydrogens is 408 g/mol. The fraction of sp³-hybridized carbons (Fsp3) is 0.261. The Kier molecular flexibility index (Phi) is 5.98. The van der Waals surface area contributed by atoms with Crippen molar-refractivity contribution >= 4 is 17.1 Å². The van der Waals surface area contributed by atoms with Crippen LogP contribution >= 0.6 is 0 Å². The molecule has 1 amide bonds. The van der Waals surface area contributed by atoms with Gasteiger partial charge in [0.15, 0.2) is 11.2 Å². The summed E-state index contributed by atoms with van der Waals surface area (Å²) in [6, 6.07) is 12.8. The van der Waals surface area contributed by atoms with Gasteiger partial charge in [0.05, 0.1) is 18.9 Å².